The van der Waals surface area contributed by atoms with Gasteiger partial charge in [-0.15, -0.1) is 0 Å². The number of nitrogen functional groups attached to an aromatic ring is 1. The van der Waals surface area contributed by atoms with Gasteiger partial charge >= 0.3 is 12.3 Å². The van der Waals surface area contributed by atoms with Crippen molar-refractivity contribution in [3.05, 3.63) is 344 Å². The zero-order chi connectivity index (χ0) is 90.3. The molecule has 0 aliphatic carbocycles. The van der Waals surface area contributed by atoms with Crippen molar-refractivity contribution in [1.29, 1.82) is 0 Å². The molecule has 0 aliphatic rings. The first kappa shape index (κ1) is 104. The lowest BCUT2D eigenvalue weighted by atomic mass is 9.81. The summed E-state index contributed by atoms with van der Waals surface area (Å²) in [5.41, 5.74) is 13.8. The smallest absolute Gasteiger partial charge is 0.423 e. The first-order valence-corrected chi connectivity index (χ1v) is 56.0. The van der Waals surface area contributed by atoms with Crippen molar-refractivity contribution in [2.75, 3.05) is 86.4 Å². The van der Waals surface area contributed by atoms with E-state index in [0.29, 0.717) is 10.6 Å². The summed E-state index contributed by atoms with van der Waals surface area (Å²) in [7, 11) is -5.54. The number of rotatable bonds is 11. The number of anilines is 1. The molecule has 18 nitrogen and oxygen atoms in total. The molecule has 33 heteroatoms. The molecule has 122 heavy (non-hydrogen) atoms. The molecule has 0 radical (unpaired) electrons. The third-order valence-corrected chi connectivity index (χ3v) is 27.7. The zero-order valence-corrected chi connectivity index (χ0v) is 83.4. The monoisotopic (exact) mass is 2090 g/mol. The van der Waals surface area contributed by atoms with Crippen molar-refractivity contribution in [3.8, 4) is 11.1 Å². The van der Waals surface area contributed by atoms with E-state index >= 15 is 0 Å². The summed E-state index contributed by atoms with van der Waals surface area (Å²) >= 11 is 33.7. The van der Waals surface area contributed by atoms with E-state index in [1.54, 1.807) is 75.7 Å². The number of nitrogens with zero attached hydrogens (tertiary/aromatic N) is 7. The van der Waals surface area contributed by atoms with Crippen molar-refractivity contribution >= 4 is 245 Å². The maximum atomic E-state index is 12.2. The van der Waals surface area contributed by atoms with Crippen LogP contribution in [0.5, 0.6) is 0 Å². The Kier molecular flexibility index (Phi) is 42.2. The molecule has 640 valence electrons. The molecular formula is C89H94BBr4Cl4N8O10P4S2+. The molecule has 10 aromatic carbocycles. The molecule has 0 saturated heterocycles. The van der Waals surface area contributed by atoms with Crippen LogP contribution in [-0.2, 0) is 46.6 Å². The SMILES string of the molecule is Brc1cccc2cnccc12.CN(C)S(C)(=O)=O.CN(C)S(C)(=O)=O.CP(C)(=O)c1ccc(Cc2nccc3c(-c4ccccc4)cccc23)cc1.CP(C)(=O)c1ccc(Cc2nccc3c(Br)cccc23)cc1.CP(C)c1ccc(N)cc1.Clc1nccc2c(Br)cccc12.O=P(Cl)(Cl)Cl.OB(O)c1ccccc1.O[n+]1ccc2c(Br)cccc2c1. The van der Waals surface area contributed by atoms with E-state index in [4.69, 9.17) is 32.6 Å². The van der Waals surface area contributed by atoms with Gasteiger partial charge in [-0.05, 0) is 190 Å². The number of aromatic nitrogens is 5. The van der Waals surface area contributed by atoms with Gasteiger partial charge < -0.3 is 24.9 Å². The molecule has 0 saturated carbocycles. The third-order valence-electron chi connectivity index (χ3n) is 17.6. The summed E-state index contributed by atoms with van der Waals surface area (Å²) in [5.74, 6) is 0. The van der Waals surface area contributed by atoms with E-state index in [1.165, 1.54) is 82.7 Å². The van der Waals surface area contributed by atoms with Gasteiger partial charge in [-0.3, -0.25) is 24.7 Å². The topological polar surface area (TPSA) is 268 Å². The van der Waals surface area contributed by atoms with Gasteiger partial charge in [0.15, 0.2) is 0 Å². The van der Waals surface area contributed by atoms with E-state index in [9.17, 15) is 30.5 Å². The lowest BCUT2D eigenvalue weighted by Crippen LogP contribution is -2.29. The fourth-order valence-electron chi connectivity index (χ4n) is 10.8. The zero-order valence-electron chi connectivity index (χ0n) is 68.8. The van der Waals surface area contributed by atoms with Crippen LogP contribution in [0.15, 0.2) is 316 Å². The van der Waals surface area contributed by atoms with Crippen molar-refractivity contribution in [3.63, 3.8) is 0 Å². The quantitative estimate of drug-likeness (QED) is 0.0234. The maximum Gasteiger partial charge on any atom is 0.488 e. The number of fused-ring (bicyclic) bond motifs is 5. The Morgan fingerprint density at radius 2 is 0.836 bits per heavy atom. The van der Waals surface area contributed by atoms with Gasteiger partial charge in [-0.25, -0.2) is 30.4 Å². The second-order valence-electron chi connectivity index (χ2n) is 28.1. The average Bonchev–Trinajstić information content (AvgIpc) is 0.785. The minimum absolute atomic E-state index is 0.0365. The van der Waals surface area contributed by atoms with E-state index in [0.717, 1.165) is 111 Å². The molecule has 5 aromatic heterocycles. The molecular weight excluding hydrogens is 2000 g/mol. The minimum atomic E-state index is -3.22. The van der Waals surface area contributed by atoms with Gasteiger partial charge in [0.2, 0.25) is 32.4 Å². The molecule has 0 fully saturated rings. The highest BCUT2D eigenvalue weighted by Crippen LogP contribution is 2.61. The van der Waals surface area contributed by atoms with E-state index in [2.05, 4.69) is 210 Å². The summed E-state index contributed by atoms with van der Waals surface area (Å²) in [4.78, 5) is 17.2. The summed E-state index contributed by atoms with van der Waals surface area (Å²) < 4.78 is 82.5. The van der Waals surface area contributed by atoms with Crippen LogP contribution in [0.3, 0.4) is 0 Å². The van der Waals surface area contributed by atoms with E-state index in [-0.39, 0.29) is 7.92 Å². The number of halogens is 8. The second kappa shape index (κ2) is 49.7. The average molecular weight is 2100 g/mol. The normalized spacial score (nSPS) is 11.1. The van der Waals surface area contributed by atoms with Crippen LogP contribution in [0.2, 0.25) is 5.15 Å². The van der Waals surface area contributed by atoms with Gasteiger partial charge in [0.25, 0.3) is 0 Å². The number of pyridine rings is 5. The summed E-state index contributed by atoms with van der Waals surface area (Å²) in [6.07, 6.45) is 16.2. The molecule has 0 atom stereocenters. The Balaban J connectivity index is 0.000000219. The van der Waals surface area contributed by atoms with Crippen LogP contribution in [0.1, 0.15) is 22.5 Å². The van der Waals surface area contributed by atoms with Crippen LogP contribution in [0.4, 0.5) is 5.69 Å². The first-order chi connectivity index (χ1) is 57.3. The largest absolute Gasteiger partial charge is 0.488 e. The number of sulfonamides is 2. The molecule has 5 N–H and O–H groups in total. The standard InChI is InChI=1S/C24H22NOP.C18H17BrNOP.C9H5BrClN.C9H7BrNO.C9H6BrN.C8H12NP.C6H7BO2.2C3H9NO2S.Cl3OP/c1-27(2,26)20-13-11-18(12-14-20)17-24-23-10-6-9-21(22(23)15-16-25-24)19-7-4-3-5-8-19;1-22(2,21)14-8-6-13(7-9-14)12-18-16-4-3-5-17(19)15(16)10-11-20-18;10-8-3-1-2-7-6(8)4-5-12-9(7)11;10-9-3-1-2-7-6-11(12)5-4-8(7)9;10-9-3-1-2-7-6-11-5-4-8(7)9;1-10(2)8-5-3-7(9)4-6-8;8-7(9)6-4-2-1-3-5-6;2*1-4(2)7(3,5)6;1-5(2,3)4/h3-16H,17H2,1-2H3;3-11H,12H2,1-2H3;1-5H;1-6,12H;1-6H;3-6H,9H2,1-2H3;1-5,8-9H;2*1-3H3;/q;;;+1;;;;;;. The number of hydrogen-bond donors (Lipinski definition) is 4. The summed E-state index contributed by atoms with van der Waals surface area (Å²) in [5, 5.41) is 38.2. The lowest BCUT2D eigenvalue weighted by Gasteiger charge is -2.11. The molecule has 5 heterocycles. The lowest BCUT2D eigenvalue weighted by molar-refractivity contribution is -0.903. The molecule has 0 amide bonds. The van der Waals surface area contributed by atoms with Crippen LogP contribution >= 0.6 is 136 Å². The van der Waals surface area contributed by atoms with Crippen molar-refractivity contribution in [1.82, 2.24) is 28.5 Å². The number of nitrogens with two attached hydrogens (primary N) is 1. The fraction of sp³-hybridized carbons (Fsp3) is 0.157. The van der Waals surface area contributed by atoms with Gasteiger partial charge in [0.1, 0.15) is 19.4 Å². The highest BCUT2D eigenvalue weighted by Gasteiger charge is 2.16. The Hall–Kier alpha value is -7.15. The first-order valence-electron chi connectivity index (χ1n) is 36.9. The molecule has 0 bridgehead atoms. The molecule has 0 aliphatic heterocycles. The van der Waals surface area contributed by atoms with E-state index < -0.39 is 46.6 Å². The van der Waals surface area contributed by atoms with Gasteiger partial charge in [0, 0.05) is 149 Å². The van der Waals surface area contributed by atoms with Crippen LogP contribution in [-0.4, -0.2) is 148 Å². The molecule has 0 spiro atoms. The number of benzene rings is 10. The maximum absolute atomic E-state index is 12.2. The molecule has 15 aromatic rings. The minimum Gasteiger partial charge on any atom is -0.423 e. The predicted molar refractivity (Wildman–Crippen MR) is 534 cm³/mol. The fourth-order valence-corrected chi connectivity index (χ4v) is 15.5. The van der Waals surface area contributed by atoms with Crippen molar-refractivity contribution in [2.24, 2.45) is 0 Å². The Labute approximate surface area is 770 Å². The summed E-state index contributed by atoms with van der Waals surface area (Å²) in [6, 6.07) is 83.7. The van der Waals surface area contributed by atoms with Crippen molar-refractivity contribution < 1.29 is 50.5 Å². The van der Waals surface area contributed by atoms with Gasteiger partial charge in [-0.2, -0.15) is 0 Å². The summed E-state index contributed by atoms with van der Waals surface area (Å²) in [6.45, 7) is 11.7. The third kappa shape index (κ3) is 35.7. The Morgan fingerprint density at radius 3 is 1.25 bits per heavy atom. The van der Waals surface area contributed by atoms with Gasteiger partial charge in [-0.1, -0.05) is 265 Å². The van der Waals surface area contributed by atoms with Crippen molar-refractivity contribution in [2.45, 2.75) is 12.8 Å². The second-order valence-corrected chi connectivity index (χ2v) is 51.7. The highest BCUT2D eigenvalue weighted by molar-refractivity contribution is 9.11. The van der Waals surface area contributed by atoms with Crippen LogP contribution in [0.25, 0.3) is 65.0 Å². The van der Waals surface area contributed by atoms with Crippen LogP contribution < -0.4 is 31.8 Å². The Morgan fingerprint density at radius 1 is 0.459 bits per heavy atom. The van der Waals surface area contributed by atoms with Crippen LogP contribution in [0, 0.1) is 0 Å². The van der Waals surface area contributed by atoms with Gasteiger partial charge in [0.05, 0.1) is 29.3 Å². The highest BCUT2D eigenvalue weighted by atomic mass is 79.9. The number of hydrogen-bond acceptors (Lipinski definition) is 15. The molecule has 0 unspecified atom stereocenters. The molecule has 15 rings (SSSR count). The predicted octanol–water partition coefficient (Wildman–Crippen LogP) is 22.2. The Bertz CT molecular complexity index is 6220. The van der Waals surface area contributed by atoms with E-state index in [1.807, 2.05) is 170 Å².